The Morgan fingerprint density at radius 3 is 2.32 bits per heavy atom. The smallest absolute Gasteiger partial charge is 0.338 e. The summed E-state index contributed by atoms with van der Waals surface area (Å²) in [6, 6.07) is 0. The molecule has 5 unspecified atom stereocenters. The average Bonchev–Trinajstić information content (AvgIpc) is 3.19. The molecule has 31 heavy (non-hydrogen) atoms. The summed E-state index contributed by atoms with van der Waals surface area (Å²) in [5.74, 6) is -3.04. The molecule has 0 aromatic heterocycles. The lowest BCUT2D eigenvalue weighted by atomic mass is 9.80. The fourth-order valence-corrected chi connectivity index (χ4v) is 4.22. The molecule has 2 heterocycles. The number of epoxide rings is 1. The van der Waals surface area contributed by atoms with Crippen molar-refractivity contribution in [2.45, 2.75) is 83.4 Å². The van der Waals surface area contributed by atoms with Crippen molar-refractivity contribution in [3.63, 3.8) is 0 Å². The molecule has 10 nitrogen and oxygen atoms in total. The van der Waals surface area contributed by atoms with Gasteiger partial charge in [-0.1, -0.05) is 0 Å². The Labute approximate surface area is 179 Å². The van der Waals surface area contributed by atoms with E-state index in [-0.39, 0.29) is 36.4 Å². The monoisotopic (exact) mass is 438 g/mol. The van der Waals surface area contributed by atoms with Crippen molar-refractivity contribution >= 4 is 29.7 Å². The van der Waals surface area contributed by atoms with Crippen LogP contribution in [-0.2, 0) is 47.7 Å². The van der Waals surface area contributed by atoms with Crippen LogP contribution in [0.15, 0.2) is 11.1 Å². The zero-order valence-corrected chi connectivity index (χ0v) is 18.1. The maximum absolute atomic E-state index is 13.0. The van der Waals surface area contributed by atoms with Crippen LogP contribution in [0.4, 0.5) is 0 Å². The first-order valence-corrected chi connectivity index (χ1v) is 10.0. The van der Waals surface area contributed by atoms with Gasteiger partial charge < -0.3 is 23.7 Å². The van der Waals surface area contributed by atoms with Gasteiger partial charge in [-0.3, -0.25) is 19.2 Å². The number of esters is 4. The van der Waals surface area contributed by atoms with E-state index in [2.05, 4.69) is 0 Å². The summed E-state index contributed by atoms with van der Waals surface area (Å²) in [7, 11) is 0. The van der Waals surface area contributed by atoms with Crippen molar-refractivity contribution in [1.82, 2.24) is 0 Å². The number of fused-ring (bicyclic) bond motifs is 3. The van der Waals surface area contributed by atoms with Crippen LogP contribution in [0.1, 0.15) is 53.9 Å². The molecule has 3 rings (SSSR count). The number of rotatable bonds is 4. The summed E-state index contributed by atoms with van der Waals surface area (Å²) in [6.45, 7) is 6.39. The second-order valence-electron chi connectivity index (χ2n) is 8.44. The van der Waals surface area contributed by atoms with Crippen molar-refractivity contribution < 1.29 is 47.7 Å². The van der Waals surface area contributed by atoms with Gasteiger partial charge in [0, 0.05) is 39.2 Å². The van der Waals surface area contributed by atoms with E-state index in [1.54, 1.807) is 6.92 Å². The highest BCUT2D eigenvalue weighted by molar-refractivity contribution is 5.94. The van der Waals surface area contributed by atoms with Crippen LogP contribution in [0, 0.1) is 0 Å². The van der Waals surface area contributed by atoms with Crippen LogP contribution < -0.4 is 0 Å². The molecule has 1 saturated carbocycles. The maximum Gasteiger partial charge on any atom is 0.338 e. The summed E-state index contributed by atoms with van der Waals surface area (Å²) in [5, 5.41) is 0. The highest BCUT2D eigenvalue weighted by Gasteiger charge is 2.63. The van der Waals surface area contributed by atoms with Crippen LogP contribution >= 0.6 is 0 Å². The number of hydrogen-bond donors (Lipinski definition) is 0. The Hall–Kier alpha value is -2.75. The number of carbonyl (C=O) groups is 5. The SMILES string of the molecule is CC(=O)OCC1=C2C(OC(C)=O)CC(C)(OC(C)=O)C(=O)CCC3(C)OC3C2OC1=O. The topological polar surface area (TPSA) is 135 Å². The quantitative estimate of drug-likeness (QED) is 0.354. The molecule has 1 saturated heterocycles. The van der Waals surface area contributed by atoms with Crippen LogP contribution in [-0.4, -0.2) is 65.8 Å². The Kier molecular flexibility index (Phi) is 5.96. The van der Waals surface area contributed by atoms with E-state index in [1.165, 1.54) is 27.7 Å². The fraction of sp³-hybridized carbons (Fsp3) is 0.667. The molecule has 2 aliphatic heterocycles. The summed E-state index contributed by atoms with van der Waals surface area (Å²) in [6.07, 6.45) is -2.41. The molecule has 1 aliphatic carbocycles. The van der Waals surface area contributed by atoms with Crippen molar-refractivity contribution in [2.75, 3.05) is 6.61 Å². The number of ketones is 1. The summed E-state index contributed by atoms with van der Waals surface area (Å²) < 4.78 is 27.2. The van der Waals surface area contributed by atoms with Crippen molar-refractivity contribution in [1.29, 1.82) is 0 Å². The minimum Gasteiger partial charge on any atom is -0.461 e. The molecule has 0 aromatic carbocycles. The molecule has 0 aromatic rings. The summed E-state index contributed by atoms with van der Waals surface area (Å²) in [4.78, 5) is 60.6. The van der Waals surface area contributed by atoms with E-state index in [1.807, 2.05) is 0 Å². The lowest BCUT2D eigenvalue weighted by Crippen LogP contribution is -2.46. The lowest BCUT2D eigenvalue weighted by Gasteiger charge is -2.33. The number of carbonyl (C=O) groups excluding carboxylic acids is 5. The van der Waals surface area contributed by atoms with E-state index in [0.29, 0.717) is 6.42 Å². The lowest BCUT2D eigenvalue weighted by molar-refractivity contribution is -0.169. The molecule has 0 amide bonds. The van der Waals surface area contributed by atoms with Gasteiger partial charge in [0.15, 0.2) is 17.5 Å². The maximum atomic E-state index is 13.0. The molecule has 0 N–H and O–H groups in total. The predicted octanol–water partition coefficient (Wildman–Crippen LogP) is 0.935. The van der Waals surface area contributed by atoms with Crippen molar-refractivity contribution in [3.05, 3.63) is 11.1 Å². The average molecular weight is 438 g/mol. The molecule has 10 heteroatoms. The highest BCUT2D eigenvalue weighted by Crippen LogP contribution is 2.50. The largest absolute Gasteiger partial charge is 0.461 e. The zero-order chi connectivity index (χ0) is 23.1. The molecule has 2 fully saturated rings. The van der Waals surface area contributed by atoms with E-state index in [0.717, 1.165) is 0 Å². The van der Waals surface area contributed by atoms with Gasteiger partial charge in [-0.15, -0.1) is 0 Å². The standard InChI is InChI=1S/C21H26O10/c1-10(22)27-9-13-16-14(28-11(2)23)8-21(5,30-12(3)24)15(25)6-7-20(4)18(31-20)17(16)29-19(13)26/h14,17-18H,6-9H2,1-5H3. The van der Waals surface area contributed by atoms with Gasteiger partial charge in [0.25, 0.3) is 0 Å². The molecular formula is C21H26O10. The third kappa shape index (κ3) is 4.63. The first kappa shape index (κ1) is 22.9. The highest BCUT2D eigenvalue weighted by atomic mass is 16.7. The van der Waals surface area contributed by atoms with Gasteiger partial charge in [-0.25, -0.2) is 4.79 Å². The third-order valence-electron chi connectivity index (χ3n) is 5.81. The van der Waals surface area contributed by atoms with Crippen LogP contribution in [0.25, 0.3) is 0 Å². The van der Waals surface area contributed by atoms with Gasteiger partial charge >= 0.3 is 23.9 Å². The summed E-state index contributed by atoms with van der Waals surface area (Å²) in [5.41, 5.74) is -2.09. The van der Waals surface area contributed by atoms with E-state index >= 15 is 0 Å². The molecule has 0 bridgehead atoms. The van der Waals surface area contributed by atoms with E-state index < -0.39 is 53.4 Å². The third-order valence-corrected chi connectivity index (χ3v) is 5.81. The molecule has 0 radical (unpaired) electrons. The Balaban J connectivity index is 2.12. The summed E-state index contributed by atoms with van der Waals surface area (Å²) >= 11 is 0. The second-order valence-corrected chi connectivity index (χ2v) is 8.44. The predicted molar refractivity (Wildman–Crippen MR) is 101 cm³/mol. The minimum absolute atomic E-state index is 0.0162. The number of hydrogen-bond acceptors (Lipinski definition) is 10. The van der Waals surface area contributed by atoms with E-state index in [4.69, 9.17) is 23.7 Å². The van der Waals surface area contributed by atoms with Gasteiger partial charge in [-0.05, 0) is 20.3 Å². The first-order chi connectivity index (χ1) is 14.4. The van der Waals surface area contributed by atoms with Gasteiger partial charge in [-0.2, -0.15) is 0 Å². The zero-order valence-electron chi connectivity index (χ0n) is 18.1. The molecular weight excluding hydrogens is 412 g/mol. The van der Waals surface area contributed by atoms with Gasteiger partial charge in [0.2, 0.25) is 0 Å². The molecule has 5 atom stereocenters. The number of Topliss-reactive ketones (excluding diaryl/α,β-unsaturated/α-hetero) is 1. The Morgan fingerprint density at radius 2 is 1.74 bits per heavy atom. The van der Waals surface area contributed by atoms with Crippen LogP contribution in [0.3, 0.4) is 0 Å². The second kappa shape index (κ2) is 8.07. The van der Waals surface area contributed by atoms with Gasteiger partial charge in [0.05, 0.1) is 11.2 Å². The fourth-order valence-electron chi connectivity index (χ4n) is 4.22. The Bertz CT molecular complexity index is 873. The minimum atomic E-state index is -1.61. The number of ether oxygens (including phenoxy) is 5. The Morgan fingerprint density at radius 1 is 1.06 bits per heavy atom. The first-order valence-electron chi connectivity index (χ1n) is 10.0. The van der Waals surface area contributed by atoms with Crippen LogP contribution in [0.5, 0.6) is 0 Å². The van der Waals surface area contributed by atoms with Crippen molar-refractivity contribution in [3.8, 4) is 0 Å². The van der Waals surface area contributed by atoms with Crippen molar-refractivity contribution in [2.24, 2.45) is 0 Å². The normalized spacial score (nSPS) is 34.8. The van der Waals surface area contributed by atoms with E-state index in [9.17, 15) is 24.0 Å². The molecule has 3 aliphatic rings. The van der Waals surface area contributed by atoms with Crippen LogP contribution in [0.2, 0.25) is 0 Å². The molecule has 0 spiro atoms. The molecule has 170 valence electrons. The van der Waals surface area contributed by atoms with Gasteiger partial charge in [0.1, 0.15) is 18.8 Å².